The molecule has 2 aromatic carbocycles. The number of halogens is 1. The van der Waals surface area contributed by atoms with Crippen LogP contribution in [-0.2, 0) is 11.3 Å². The lowest BCUT2D eigenvalue weighted by molar-refractivity contribution is -0.0177. The van der Waals surface area contributed by atoms with Crippen molar-refractivity contribution < 1.29 is 28.6 Å². The first-order chi connectivity index (χ1) is 22.1. The Morgan fingerprint density at radius 1 is 1.09 bits per heavy atom. The van der Waals surface area contributed by atoms with Gasteiger partial charge in [0.2, 0.25) is 0 Å². The van der Waals surface area contributed by atoms with Gasteiger partial charge in [0, 0.05) is 55.9 Å². The molecular weight excluding hydrogens is 589 g/mol. The van der Waals surface area contributed by atoms with E-state index in [2.05, 4.69) is 34.5 Å². The second-order valence-corrected chi connectivity index (χ2v) is 12.1. The van der Waals surface area contributed by atoms with Gasteiger partial charge in [0.15, 0.2) is 0 Å². The fraction of sp³-hybridized carbons (Fsp3) is 0.457. The topological polar surface area (TPSA) is 116 Å². The largest absolute Gasteiger partial charge is 0.490 e. The van der Waals surface area contributed by atoms with Crippen LogP contribution in [0, 0.1) is 11.7 Å². The van der Waals surface area contributed by atoms with Crippen molar-refractivity contribution in [1.29, 1.82) is 0 Å². The molecule has 0 aliphatic carbocycles. The van der Waals surface area contributed by atoms with Crippen LogP contribution in [0.3, 0.4) is 0 Å². The summed E-state index contributed by atoms with van der Waals surface area (Å²) in [4.78, 5) is 35.0. The predicted octanol–water partition coefficient (Wildman–Crippen LogP) is 5.79. The number of rotatable bonds is 8. The number of anilines is 2. The van der Waals surface area contributed by atoms with Gasteiger partial charge in [0.25, 0.3) is 5.91 Å². The van der Waals surface area contributed by atoms with Crippen molar-refractivity contribution in [1.82, 2.24) is 14.8 Å². The van der Waals surface area contributed by atoms with Crippen LogP contribution in [-0.4, -0.2) is 83.4 Å². The van der Waals surface area contributed by atoms with Gasteiger partial charge >= 0.3 is 6.03 Å². The van der Waals surface area contributed by atoms with Gasteiger partial charge < -0.3 is 30.1 Å². The number of aliphatic hydroxyl groups excluding tert-OH is 1. The molecule has 0 unspecified atom stereocenters. The number of carbonyl (C=O) groups excluding carboxylic acids is 2. The van der Waals surface area contributed by atoms with E-state index in [9.17, 15) is 19.1 Å². The summed E-state index contributed by atoms with van der Waals surface area (Å²) in [7, 11) is 2.05. The van der Waals surface area contributed by atoms with Gasteiger partial charge in [-0.15, -0.1) is 0 Å². The lowest BCUT2D eigenvalue weighted by atomic mass is 10.0. The Hall–Kier alpha value is -4.06. The highest BCUT2D eigenvalue weighted by molar-refractivity contribution is 6.02. The molecule has 4 rings (SSSR count). The molecule has 0 saturated heterocycles. The minimum Gasteiger partial charge on any atom is -0.490 e. The van der Waals surface area contributed by atoms with E-state index in [1.165, 1.54) is 24.3 Å². The van der Waals surface area contributed by atoms with Crippen LogP contribution in [0.5, 0.6) is 5.75 Å². The van der Waals surface area contributed by atoms with E-state index >= 15 is 0 Å². The van der Waals surface area contributed by atoms with Crippen molar-refractivity contribution in [2.45, 2.75) is 64.8 Å². The van der Waals surface area contributed by atoms with Gasteiger partial charge in [-0.25, -0.2) is 9.18 Å². The summed E-state index contributed by atoms with van der Waals surface area (Å²) >= 11 is 0. The van der Waals surface area contributed by atoms with Gasteiger partial charge in [-0.2, -0.15) is 0 Å². The van der Waals surface area contributed by atoms with E-state index in [1.807, 2.05) is 19.1 Å². The number of aliphatic hydroxyl groups is 1. The fourth-order valence-electron chi connectivity index (χ4n) is 5.46. The number of fused-ring (bicyclic) bond motifs is 1. The van der Waals surface area contributed by atoms with Crippen LogP contribution >= 0.6 is 0 Å². The smallest absolute Gasteiger partial charge is 0.323 e. The average Bonchev–Trinajstić information content (AvgIpc) is 3.04. The second-order valence-electron chi connectivity index (χ2n) is 12.1. The predicted molar refractivity (Wildman–Crippen MR) is 176 cm³/mol. The summed E-state index contributed by atoms with van der Waals surface area (Å²) in [6.07, 6.45) is 5.79. The Morgan fingerprint density at radius 2 is 1.78 bits per heavy atom. The maximum absolute atomic E-state index is 14.3. The third-order valence-electron chi connectivity index (χ3n) is 8.10. The number of benzene rings is 2. The van der Waals surface area contributed by atoms with E-state index in [0.29, 0.717) is 36.8 Å². The molecule has 1 aliphatic heterocycles. The normalized spacial score (nSPS) is 20.3. The van der Waals surface area contributed by atoms with Gasteiger partial charge in [-0.1, -0.05) is 6.92 Å². The molecule has 10 nitrogen and oxygen atoms in total. The maximum Gasteiger partial charge on any atom is 0.323 e. The van der Waals surface area contributed by atoms with Crippen molar-refractivity contribution in [3.8, 4) is 5.75 Å². The minimum atomic E-state index is -0.542. The van der Waals surface area contributed by atoms with Crippen molar-refractivity contribution in [3.63, 3.8) is 0 Å². The number of amides is 3. The molecular formula is C35H46FN5O5. The number of urea groups is 1. The first kappa shape index (κ1) is 34.8. The zero-order chi connectivity index (χ0) is 33.1. The molecule has 0 bridgehead atoms. The summed E-state index contributed by atoms with van der Waals surface area (Å²) in [6, 6.07) is 13.4. The van der Waals surface area contributed by atoms with Crippen LogP contribution in [0.15, 0.2) is 67.0 Å². The quantitative estimate of drug-likeness (QED) is 0.287. The Labute approximate surface area is 270 Å². The summed E-state index contributed by atoms with van der Waals surface area (Å²) in [5, 5.41) is 15.6. The molecule has 3 N–H and O–H groups in total. The Kier molecular flexibility index (Phi) is 12.9. The van der Waals surface area contributed by atoms with Crippen molar-refractivity contribution in [2.24, 2.45) is 5.92 Å². The third kappa shape index (κ3) is 10.2. The number of nitrogens with zero attached hydrogens (tertiary/aromatic N) is 3. The van der Waals surface area contributed by atoms with Crippen LogP contribution < -0.4 is 15.4 Å². The van der Waals surface area contributed by atoms with Gasteiger partial charge in [0.05, 0.1) is 30.4 Å². The number of likely N-dealkylation sites (N-methyl/N-ethyl adjacent to an activating group) is 1. The molecule has 11 heteroatoms. The zero-order valence-corrected chi connectivity index (χ0v) is 27.1. The average molecular weight is 636 g/mol. The summed E-state index contributed by atoms with van der Waals surface area (Å²) in [5.74, 6) is -0.381. The SMILES string of the molecule is C[C@H]1CCCCO[C@@H](CN(C)Cc2ccncc2)[C@@H](C)CN([C@@H](C)CO)C(=O)c2cc(NC(=O)Nc3ccc(F)cc3)ccc2O1. The molecule has 0 spiro atoms. The van der Waals surface area contributed by atoms with Crippen molar-refractivity contribution >= 4 is 23.3 Å². The standard InChI is InChI=1S/C35H46FN5O5/c1-24-20-41(25(2)23-42)34(43)31-19-30(39-35(44)38-29-10-8-28(36)9-11-29)12-13-32(31)46-26(3)7-5-6-18-45-33(24)22-40(4)21-27-14-16-37-17-15-27/h8-17,19,24-26,33,42H,5-7,18,20-23H2,1-4H3,(H2,38,39,44)/t24-,25-,26-,33-/m0/s1. The monoisotopic (exact) mass is 635 g/mol. The van der Waals surface area contributed by atoms with E-state index < -0.39 is 17.9 Å². The molecule has 0 radical (unpaired) electrons. The van der Waals surface area contributed by atoms with Crippen molar-refractivity contribution in [2.75, 3.05) is 44.0 Å². The molecule has 3 aromatic rings. The number of aromatic nitrogens is 1. The third-order valence-corrected chi connectivity index (χ3v) is 8.10. The molecule has 4 atom stereocenters. The Balaban J connectivity index is 1.58. The van der Waals surface area contributed by atoms with Crippen LogP contribution in [0.25, 0.3) is 0 Å². The van der Waals surface area contributed by atoms with Gasteiger partial charge in [-0.05, 0) is 100 Å². The molecule has 46 heavy (non-hydrogen) atoms. The van der Waals surface area contributed by atoms with Crippen LogP contribution in [0.4, 0.5) is 20.6 Å². The number of pyridine rings is 1. The highest BCUT2D eigenvalue weighted by Gasteiger charge is 2.30. The first-order valence-corrected chi connectivity index (χ1v) is 15.9. The van der Waals surface area contributed by atoms with Crippen LogP contribution in [0.1, 0.15) is 56.0 Å². The van der Waals surface area contributed by atoms with E-state index in [-0.39, 0.29) is 36.2 Å². The number of carbonyl (C=O) groups is 2. The highest BCUT2D eigenvalue weighted by Crippen LogP contribution is 2.29. The lowest BCUT2D eigenvalue weighted by Crippen LogP contribution is -2.47. The fourth-order valence-corrected chi connectivity index (χ4v) is 5.46. The van der Waals surface area contributed by atoms with Crippen LogP contribution in [0.2, 0.25) is 0 Å². The molecule has 248 valence electrons. The van der Waals surface area contributed by atoms with E-state index in [4.69, 9.17) is 9.47 Å². The molecule has 0 fully saturated rings. The molecule has 3 amide bonds. The summed E-state index contributed by atoms with van der Waals surface area (Å²) < 4.78 is 26.0. The second kappa shape index (κ2) is 17.0. The Bertz CT molecular complexity index is 1410. The van der Waals surface area contributed by atoms with Crippen molar-refractivity contribution in [3.05, 3.63) is 83.9 Å². The summed E-state index contributed by atoms with van der Waals surface area (Å²) in [5.41, 5.74) is 2.24. The molecule has 2 heterocycles. The molecule has 0 saturated carbocycles. The molecule has 1 aliphatic rings. The first-order valence-electron chi connectivity index (χ1n) is 15.9. The van der Waals surface area contributed by atoms with E-state index in [0.717, 1.165) is 31.4 Å². The number of ether oxygens (including phenoxy) is 2. The Morgan fingerprint density at radius 3 is 2.50 bits per heavy atom. The number of hydrogen-bond acceptors (Lipinski definition) is 7. The zero-order valence-electron chi connectivity index (χ0n) is 27.1. The number of hydrogen-bond donors (Lipinski definition) is 3. The summed E-state index contributed by atoms with van der Waals surface area (Å²) in [6.45, 7) is 7.95. The lowest BCUT2D eigenvalue weighted by Gasteiger charge is -2.36. The van der Waals surface area contributed by atoms with E-state index in [1.54, 1.807) is 42.4 Å². The van der Waals surface area contributed by atoms with Gasteiger partial charge in [-0.3, -0.25) is 14.7 Å². The maximum atomic E-state index is 14.3. The number of nitrogens with one attached hydrogen (secondary N) is 2. The minimum absolute atomic E-state index is 0.0631. The van der Waals surface area contributed by atoms with Gasteiger partial charge in [0.1, 0.15) is 11.6 Å². The highest BCUT2D eigenvalue weighted by atomic mass is 19.1. The molecule has 1 aromatic heterocycles.